The van der Waals surface area contributed by atoms with Gasteiger partial charge in [0.05, 0.1) is 11.0 Å². The molecule has 2 aliphatic heterocycles. The van der Waals surface area contributed by atoms with Gasteiger partial charge in [0.25, 0.3) is 5.56 Å². The lowest BCUT2D eigenvalue weighted by atomic mass is 9.96. The van der Waals surface area contributed by atoms with Crippen molar-refractivity contribution < 1.29 is 4.79 Å². The highest BCUT2D eigenvalue weighted by Gasteiger charge is 2.27. The second-order valence-corrected chi connectivity index (χ2v) is 8.80. The first-order chi connectivity index (χ1) is 15.6. The molecule has 0 saturated carbocycles. The molecule has 0 bridgehead atoms. The van der Waals surface area contributed by atoms with Crippen molar-refractivity contribution >= 4 is 22.8 Å². The number of carbonyl (C=O) groups is 1. The third kappa shape index (κ3) is 4.96. The number of amides is 1. The number of aromatic nitrogens is 2. The SMILES string of the molecule is CCN1CCN(CCNC(=O)C2CCN(c3nc4ccccc4n(CC)c3=O)CC2)CC1. The van der Waals surface area contributed by atoms with E-state index in [0.717, 1.165) is 63.1 Å². The fraction of sp³-hybridized carbons (Fsp3) is 0.625. The molecule has 0 spiro atoms. The number of benzene rings is 1. The van der Waals surface area contributed by atoms with Gasteiger partial charge in [-0.15, -0.1) is 0 Å². The van der Waals surface area contributed by atoms with Gasteiger partial charge in [0.1, 0.15) is 0 Å². The second kappa shape index (κ2) is 10.4. The Kier molecular flexibility index (Phi) is 7.42. The number of nitrogens with one attached hydrogen (secondary N) is 1. The molecule has 32 heavy (non-hydrogen) atoms. The number of rotatable bonds is 7. The molecule has 2 fully saturated rings. The molecule has 8 nitrogen and oxygen atoms in total. The van der Waals surface area contributed by atoms with Crippen molar-refractivity contribution in [3.8, 4) is 0 Å². The maximum atomic E-state index is 13.0. The molecule has 2 aliphatic rings. The molecule has 8 heteroatoms. The van der Waals surface area contributed by atoms with Crippen LogP contribution in [0.5, 0.6) is 0 Å². The molecule has 4 rings (SSSR count). The van der Waals surface area contributed by atoms with Crippen LogP contribution in [-0.4, -0.2) is 84.2 Å². The Morgan fingerprint density at radius 2 is 1.69 bits per heavy atom. The number of piperazine rings is 1. The first-order valence-corrected chi connectivity index (χ1v) is 12.1. The topological polar surface area (TPSA) is 73.7 Å². The summed E-state index contributed by atoms with van der Waals surface area (Å²) in [6, 6.07) is 7.78. The number of para-hydroxylation sites is 2. The number of carbonyl (C=O) groups excluding carboxylic acids is 1. The Morgan fingerprint density at radius 1 is 1.00 bits per heavy atom. The average Bonchev–Trinajstić information content (AvgIpc) is 2.84. The standard InChI is InChI=1S/C24H36N6O2/c1-3-27-15-17-28(18-16-27)14-11-25-23(31)19-9-12-29(13-10-19)22-24(32)30(4-2)21-8-6-5-7-20(21)26-22/h5-8,19H,3-4,9-18H2,1-2H3,(H,25,31). The Morgan fingerprint density at radius 3 is 2.38 bits per heavy atom. The number of hydrogen-bond acceptors (Lipinski definition) is 6. The molecule has 1 aromatic carbocycles. The van der Waals surface area contributed by atoms with Crippen molar-refractivity contribution in [1.29, 1.82) is 0 Å². The van der Waals surface area contributed by atoms with E-state index in [2.05, 4.69) is 31.9 Å². The molecule has 1 N–H and O–H groups in total. The summed E-state index contributed by atoms with van der Waals surface area (Å²) in [6.07, 6.45) is 1.50. The molecular weight excluding hydrogens is 404 g/mol. The quantitative estimate of drug-likeness (QED) is 0.701. The first-order valence-electron chi connectivity index (χ1n) is 12.1. The summed E-state index contributed by atoms with van der Waals surface area (Å²) in [4.78, 5) is 37.3. The van der Waals surface area contributed by atoms with E-state index in [1.54, 1.807) is 4.57 Å². The van der Waals surface area contributed by atoms with Crippen LogP contribution in [0.25, 0.3) is 11.0 Å². The maximum absolute atomic E-state index is 13.0. The lowest BCUT2D eigenvalue weighted by Crippen LogP contribution is -2.49. The van der Waals surface area contributed by atoms with Crippen LogP contribution in [0, 0.1) is 5.92 Å². The summed E-state index contributed by atoms with van der Waals surface area (Å²) >= 11 is 0. The lowest BCUT2D eigenvalue weighted by Gasteiger charge is -2.34. The summed E-state index contributed by atoms with van der Waals surface area (Å²) in [5.74, 6) is 0.668. The van der Waals surface area contributed by atoms with Crippen LogP contribution < -0.4 is 15.8 Å². The van der Waals surface area contributed by atoms with Crippen molar-refractivity contribution in [3.05, 3.63) is 34.6 Å². The van der Waals surface area contributed by atoms with E-state index >= 15 is 0 Å². The maximum Gasteiger partial charge on any atom is 0.293 e. The van der Waals surface area contributed by atoms with Gasteiger partial charge < -0.3 is 19.7 Å². The minimum Gasteiger partial charge on any atom is -0.355 e. The van der Waals surface area contributed by atoms with Gasteiger partial charge in [-0.05, 0) is 38.4 Å². The molecule has 1 amide bonds. The van der Waals surface area contributed by atoms with Crippen LogP contribution in [0.4, 0.5) is 5.82 Å². The number of aryl methyl sites for hydroxylation is 1. The Hall–Kier alpha value is -2.45. The van der Waals surface area contributed by atoms with E-state index in [1.807, 2.05) is 31.2 Å². The number of likely N-dealkylation sites (N-methyl/N-ethyl adjacent to an activating group) is 1. The highest BCUT2D eigenvalue weighted by molar-refractivity contribution is 5.79. The van der Waals surface area contributed by atoms with Gasteiger partial charge >= 0.3 is 0 Å². The normalized spacial score (nSPS) is 18.9. The first kappa shape index (κ1) is 22.7. The minimum atomic E-state index is -0.0442. The summed E-state index contributed by atoms with van der Waals surface area (Å²) in [5.41, 5.74) is 1.66. The summed E-state index contributed by atoms with van der Waals surface area (Å²) in [7, 11) is 0. The Balaban J connectivity index is 1.29. The van der Waals surface area contributed by atoms with Crippen molar-refractivity contribution in [2.75, 3.05) is 63.8 Å². The van der Waals surface area contributed by atoms with Crippen molar-refractivity contribution in [2.45, 2.75) is 33.2 Å². The minimum absolute atomic E-state index is 0.0112. The molecule has 0 unspecified atom stereocenters. The van der Waals surface area contributed by atoms with Crippen LogP contribution in [-0.2, 0) is 11.3 Å². The van der Waals surface area contributed by atoms with Crippen LogP contribution >= 0.6 is 0 Å². The Labute approximate surface area is 190 Å². The molecule has 3 heterocycles. The molecular formula is C24H36N6O2. The molecule has 0 atom stereocenters. The third-order valence-electron chi connectivity index (χ3n) is 6.96. The predicted octanol–water partition coefficient (Wildman–Crippen LogP) is 1.39. The second-order valence-electron chi connectivity index (χ2n) is 8.80. The number of anilines is 1. The Bertz CT molecular complexity index is 974. The predicted molar refractivity (Wildman–Crippen MR) is 128 cm³/mol. The van der Waals surface area contributed by atoms with E-state index in [-0.39, 0.29) is 17.4 Å². The summed E-state index contributed by atoms with van der Waals surface area (Å²) in [5, 5.41) is 3.14. The van der Waals surface area contributed by atoms with E-state index in [9.17, 15) is 9.59 Å². The molecule has 2 aromatic rings. The fourth-order valence-electron chi connectivity index (χ4n) is 4.86. The smallest absolute Gasteiger partial charge is 0.293 e. The van der Waals surface area contributed by atoms with Crippen LogP contribution in [0.15, 0.2) is 29.1 Å². The number of piperidine rings is 1. The van der Waals surface area contributed by atoms with Gasteiger partial charge in [0.15, 0.2) is 5.82 Å². The highest BCUT2D eigenvalue weighted by Crippen LogP contribution is 2.22. The summed E-state index contributed by atoms with van der Waals surface area (Å²) < 4.78 is 1.79. The molecule has 0 radical (unpaired) electrons. The zero-order valence-corrected chi connectivity index (χ0v) is 19.4. The van der Waals surface area contributed by atoms with E-state index in [0.29, 0.717) is 32.0 Å². The molecule has 1 aromatic heterocycles. The van der Waals surface area contributed by atoms with E-state index < -0.39 is 0 Å². The monoisotopic (exact) mass is 440 g/mol. The van der Waals surface area contributed by atoms with Crippen molar-refractivity contribution in [1.82, 2.24) is 24.7 Å². The number of fused-ring (bicyclic) bond motifs is 1. The molecule has 174 valence electrons. The largest absolute Gasteiger partial charge is 0.355 e. The van der Waals surface area contributed by atoms with Gasteiger partial charge in [0, 0.05) is 64.8 Å². The molecule has 2 saturated heterocycles. The van der Waals surface area contributed by atoms with E-state index in [4.69, 9.17) is 0 Å². The number of nitrogens with zero attached hydrogens (tertiary/aromatic N) is 5. The van der Waals surface area contributed by atoms with Gasteiger partial charge in [-0.2, -0.15) is 0 Å². The molecule has 0 aliphatic carbocycles. The zero-order valence-electron chi connectivity index (χ0n) is 19.4. The zero-order chi connectivity index (χ0) is 22.5. The van der Waals surface area contributed by atoms with Crippen molar-refractivity contribution in [2.24, 2.45) is 5.92 Å². The van der Waals surface area contributed by atoms with Crippen LogP contribution in [0.3, 0.4) is 0 Å². The van der Waals surface area contributed by atoms with Gasteiger partial charge in [-0.25, -0.2) is 4.98 Å². The lowest BCUT2D eigenvalue weighted by molar-refractivity contribution is -0.125. The van der Waals surface area contributed by atoms with Crippen LogP contribution in [0.1, 0.15) is 26.7 Å². The van der Waals surface area contributed by atoms with E-state index in [1.165, 1.54) is 0 Å². The van der Waals surface area contributed by atoms with Crippen molar-refractivity contribution in [3.63, 3.8) is 0 Å². The summed E-state index contributed by atoms with van der Waals surface area (Å²) in [6.45, 7) is 13.3. The fourth-order valence-corrected chi connectivity index (χ4v) is 4.86. The average molecular weight is 441 g/mol. The van der Waals surface area contributed by atoms with Gasteiger partial charge in [-0.1, -0.05) is 19.1 Å². The van der Waals surface area contributed by atoms with Gasteiger partial charge in [0.2, 0.25) is 5.91 Å². The van der Waals surface area contributed by atoms with Crippen LogP contribution in [0.2, 0.25) is 0 Å². The highest BCUT2D eigenvalue weighted by atomic mass is 16.2. The van der Waals surface area contributed by atoms with Gasteiger partial charge in [-0.3, -0.25) is 14.5 Å². The number of hydrogen-bond donors (Lipinski definition) is 1. The third-order valence-corrected chi connectivity index (χ3v) is 6.96.